The van der Waals surface area contributed by atoms with E-state index in [4.69, 9.17) is 0 Å². The van der Waals surface area contributed by atoms with Crippen LogP contribution in [-0.4, -0.2) is 43.6 Å². The van der Waals surface area contributed by atoms with E-state index in [2.05, 4.69) is 15.0 Å². The number of amides is 3. The molecule has 0 saturated carbocycles. The Labute approximate surface area is 160 Å². The Morgan fingerprint density at radius 1 is 1.33 bits per heavy atom. The van der Waals surface area contributed by atoms with Crippen LogP contribution < -0.4 is 15.1 Å². The number of benzene rings is 1. The highest BCUT2D eigenvalue weighted by Crippen LogP contribution is 2.25. The molecule has 0 radical (unpaired) electrons. The average Bonchev–Trinajstić information content (AvgIpc) is 3.29. The molecule has 3 rings (SSSR count). The molecule has 2 aromatic rings. The van der Waals surface area contributed by atoms with E-state index in [1.807, 2.05) is 0 Å². The molecule has 0 bridgehead atoms. The average molecular weight is 388 g/mol. The maximum atomic E-state index is 12.2. The summed E-state index contributed by atoms with van der Waals surface area (Å²) < 4.78 is 4.66. The lowest BCUT2D eigenvalue weighted by molar-refractivity contribution is -0.117. The van der Waals surface area contributed by atoms with Crippen molar-refractivity contribution in [2.24, 2.45) is 0 Å². The number of ether oxygens (including phenoxy) is 1. The number of anilines is 3. The van der Waals surface area contributed by atoms with E-state index in [9.17, 15) is 14.4 Å². The van der Waals surface area contributed by atoms with Crippen molar-refractivity contribution in [3.63, 3.8) is 0 Å². The standard InChI is InChI=1S/C18H20N4O4S/c1-21(18(25)26-2)14-7-5-12(6-8-14)19-15(23)10-13-11-27-17(20-13)22-9-3-4-16(22)24/h5-8,11H,3-4,9-10H2,1-2H3,(H,19,23). The first-order valence-corrected chi connectivity index (χ1v) is 9.32. The third-order valence-corrected chi connectivity index (χ3v) is 5.08. The third-order valence-electron chi connectivity index (χ3n) is 4.17. The summed E-state index contributed by atoms with van der Waals surface area (Å²) in [5.41, 5.74) is 1.90. The largest absolute Gasteiger partial charge is 0.452 e. The zero-order valence-electron chi connectivity index (χ0n) is 15.1. The normalized spacial score (nSPS) is 13.6. The number of rotatable bonds is 5. The molecule has 0 aliphatic carbocycles. The lowest BCUT2D eigenvalue weighted by atomic mass is 10.2. The zero-order valence-corrected chi connectivity index (χ0v) is 15.9. The second-order valence-corrected chi connectivity index (χ2v) is 6.91. The quantitative estimate of drug-likeness (QED) is 0.850. The van der Waals surface area contributed by atoms with Gasteiger partial charge >= 0.3 is 6.09 Å². The molecule has 1 aromatic carbocycles. The van der Waals surface area contributed by atoms with Crippen LogP contribution in [0.15, 0.2) is 29.6 Å². The van der Waals surface area contributed by atoms with Crippen LogP contribution in [0, 0.1) is 0 Å². The second-order valence-electron chi connectivity index (χ2n) is 6.07. The molecule has 3 amide bonds. The highest BCUT2D eigenvalue weighted by Gasteiger charge is 2.24. The summed E-state index contributed by atoms with van der Waals surface area (Å²) >= 11 is 1.37. The van der Waals surface area contributed by atoms with Crippen molar-refractivity contribution in [1.29, 1.82) is 0 Å². The molecule has 1 saturated heterocycles. The first-order chi connectivity index (χ1) is 13.0. The molecule has 27 heavy (non-hydrogen) atoms. The maximum Gasteiger partial charge on any atom is 0.413 e. The molecule has 1 aliphatic rings. The van der Waals surface area contributed by atoms with Crippen molar-refractivity contribution in [2.75, 3.05) is 35.8 Å². The van der Waals surface area contributed by atoms with Gasteiger partial charge in [-0.05, 0) is 30.7 Å². The van der Waals surface area contributed by atoms with Crippen LogP contribution in [0.4, 0.5) is 21.3 Å². The SMILES string of the molecule is COC(=O)N(C)c1ccc(NC(=O)Cc2csc(N3CCCC3=O)n2)cc1. The van der Waals surface area contributed by atoms with Crippen LogP contribution in [0.25, 0.3) is 0 Å². The predicted octanol–water partition coefficient (Wildman–Crippen LogP) is 2.65. The molecule has 142 valence electrons. The van der Waals surface area contributed by atoms with Crippen molar-refractivity contribution in [1.82, 2.24) is 4.98 Å². The Kier molecular flexibility index (Phi) is 5.70. The van der Waals surface area contributed by atoms with Crippen LogP contribution in [0.3, 0.4) is 0 Å². The molecule has 1 N–H and O–H groups in total. The van der Waals surface area contributed by atoms with Gasteiger partial charge in [0.2, 0.25) is 11.8 Å². The third kappa shape index (κ3) is 4.43. The topological polar surface area (TPSA) is 91.8 Å². The van der Waals surface area contributed by atoms with E-state index in [0.717, 1.165) is 6.42 Å². The van der Waals surface area contributed by atoms with E-state index < -0.39 is 6.09 Å². The molecular weight excluding hydrogens is 368 g/mol. The maximum absolute atomic E-state index is 12.2. The number of aromatic nitrogens is 1. The van der Waals surface area contributed by atoms with Crippen molar-refractivity contribution >= 4 is 45.8 Å². The molecule has 0 atom stereocenters. The van der Waals surface area contributed by atoms with Gasteiger partial charge in [0.1, 0.15) is 0 Å². The number of methoxy groups -OCH3 is 1. The van der Waals surface area contributed by atoms with Gasteiger partial charge in [0.25, 0.3) is 0 Å². The van der Waals surface area contributed by atoms with Gasteiger partial charge in [0.15, 0.2) is 5.13 Å². The molecule has 0 spiro atoms. The number of nitrogens with zero attached hydrogens (tertiary/aromatic N) is 3. The first kappa shape index (κ1) is 18.8. The van der Waals surface area contributed by atoms with Gasteiger partial charge in [-0.2, -0.15) is 0 Å². The number of carbonyl (C=O) groups excluding carboxylic acids is 3. The van der Waals surface area contributed by atoms with Crippen LogP contribution in [0.1, 0.15) is 18.5 Å². The Morgan fingerprint density at radius 2 is 2.07 bits per heavy atom. The van der Waals surface area contributed by atoms with Crippen LogP contribution in [0.5, 0.6) is 0 Å². The monoisotopic (exact) mass is 388 g/mol. The number of carbonyl (C=O) groups is 3. The molecule has 1 aliphatic heterocycles. The van der Waals surface area contributed by atoms with Crippen LogP contribution in [0.2, 0.25) is 0 Å². The lowest BCUT2D eigenvalue weighted by Crippen LogP contribution is -2.25. The number of hydrogen-bond donors (Lipinski definition) is 1. The fourth-order valence-electron chi connectivity index (χ4n) is 2.73. The summed E-state index contributed by atoms with van der Waals surface area (Å²) in [5, 5.41) is 5.25. The van der Waals surface area contributed by atoms with E-state index in [-0.39, 0.29) is 18.2 Å². The molecular formula is C18H20N4O4S. The van der Waals surface area contributed by atoms with Gasteiger partial charge in [-0.15, -0.1) is 11.3 Å². The number of thiazole rings is 1. The molecule has 9 heteroatoms. The second kappa shape index (κ2) is 8.17. The van der Waals surface area contributed by atoms with Gasteiger partial charge in [0, 0.05) is 36.8 Å². The summed E-state index contributed by atoms with van der Waals surface area (Å²) in [6, 6.07) is 6.85. The van der Waals surface area contributed by atoms with E-state index in [0.29, 0.717) is 35.2 Å². The van der Waals surface area contributed by atoms with Crippen LogP contribution in [-0.2, 0) is 20.7 Å². The smallest absolute Gasteiger partial charge is 0.413 e. The van der Waals surface area contributed by atoms with Crippen LogP contribution >= 0.6 is 11.3 Å². The summed E-state index contributed by atoms with van der Waals surface area (Å²) in [6.45, 7) is 0.685. The molecule has 8 nitrogen and oxygen atoms in total. The first-order valence-electron chi connectivity index (χ1n) is 8.44. The minimum atomic E-state index is -0.470. The Hall–Kier alpha value is -2.94. The van der Waals surface area contributed by atoms with Gasteiger partial charge in [-0.3, -0.25) is 19.4 Å². The Balaban J connectivity index is 1.57. The Morgan fingerprint density at radius 3 is 2.70 bits per heavy atom. The summed E-state index contributed by atoms with van der Waals surface area (Å²) in [5.74, 6) is -0.119. The van der Waals surface area contributed by atoms with Crippen molar-refractivity contribution in [3.05, 3.63) is 35.3 Å². The summed E-state index contributed by atoms with van der Waals surface area (Å²) in [6.07, 6.45) is 1.05. The number of hydrogen-bond acceptors (Lipinski definition) is 6. The zero-order chi connectivity index (χ0) is 19.4. The van der Waals surface area contributed by atoms with E-state index >= 15 is 0 Å². The fraction of sp³-hybridized carbons (Fsp3) is 0.333. The minimum Gasteiger partial charge on any atom is -0.452 e. The van der Waals surface area contributed by atoms with Crippen molar-refractivity contribution in [2.45, 2.75) is 19.3 Å². The van der Waals surface area contributed by atoms with Gasteiger partial charge in [-0.1, -0.05) is 0 Å². The molecule has 1 aromatic heterocycles. The number of nitrogens with one attached hydrogen (secondary N) is 1. The Bertz CT molecular complexity index is 849. The minimum absolute atomic E-state index is 0.0809. The summed E-state index contributed by atoms with van der Waals surface area (Å²) in [7, 11) is 2.92. The van der Waals surface area contributed by atoms with Gasteiger partial charge < -0.3 is 10.1 Å². The van der Waals surface area contributed by atoms with Crippen molar-refractivity contribution in [3.8, 4) is 0 Å². The highest BCUT2D eigenvalue weighted by atomic mass is 32.1. The highest BCUT2D eigenvalue weighted by molar-refractivity contribution is 7.14. The lowest BCUT2D eigenvalue weighted by Gasteiger charge is -2.15. The van der Waals surface area contributed by atoms with Crippen molar-refractivity contribution < 1.29 is 19.1 Å². The summed E-state index contributed by atoms with van der Waals surface area (Å²) in [4.78, 5) is 42.9. The van der Waals surface area contributed by atoms with E-state index in [1.165, 1.54) is 23.3 Å². The molecule has 1 fully saturated rings. The van der Waals surface area contributed by atoms with Gasteiger partial charge in [-0.25, -0.2) is 9.78 Å². The molecule has 0 unspecified atom stereocenters. The fourth-order valence-corrected chi connectivity index (χ4v) is 3.60. The van der Waals surface area contributed by atoms with E-state index in [1.54, 1.807) is 41.6 Å². The molecule has 2 heterocycles. The van der Waals surface area contributed by atoms with Gasteiger partial charge in [0.05, 0.1) is 19.2 Å². The predicted molar refractivity (Wildman–Crippen MR) is 103 cm³/mol.